The molecule has 0 nitrogen and oxygen atoms in total. The zero-order valence-electron chi connectivity index (χ0n) is 9.39. The summed E-state index contributed by atoms with van der Waals surface area (Å²) in [6.45, 7) is 9.07. The number of benzene rings is 1. The topological polar surface area (TPSA) is 0 Å². The number of rotatable bonds is 2. The van der Waals surface area contributed by atoms with Gasteiger partial charge in [-0.05, 0) is 17.4 Å². The zero-order valence-corrected chi connectivity index (χ0v) is 11.4. The lowest BCUT2D eigenvalue weighted by molar-refractivity contribution is 0.838. The van der Waals surface area contributed by atoms with Gasteiger partial charge in [0.1, 0.15) is 0 Å². The summed E-state index contributed by atoms with van der Waals surface area (Å²) in [6, 6.07) is 6.97. The Morgan fingerprint density at radius 3 is 2.08 bits per heavy atom. The van der Waals surface area contributed by atoms with Crippen LogP contribution in [0.25, 0.3) is 0 Å². The van der Waals surface area contributed by atoms with E-state index in [0.717, 1.165) is 0 Å². The van der Waals surface area contributed by atoms with Gasteiger partial charge in [-0.25, -0.2) is 0 Å². The molecule has 0 heterocycles. The molecule has 0 atom stereocenters. The molecule has 0 amide bonds. The molecule has 13 heavy (non-hydrogen) atoms. The molecule has 0 N–H and O–H groups in total. The maximum Gasteiger partial charge on any atom is 0.259 e. The van der Waals surface area contributed by atoms with E-state index in [2.05, 4.69) is 45.9 Å². The SMILES string of the molecule is CC(C)c1cc[c]([AlH2])c(C(C)C)c1. The Morgan fingerprint density at radius 2 is 1.62 bits per heavy atom. The van der Waals surface area contributed by atoms with Crippen LogP contribution in [0.2, 0.25) is 0 Å². The van der Waals surface area contributed by atoms with Crippen molar-refractivity contribution in [1.82, 2.24) is 0 Å². The molecule has 0 unspecified atom stereocenters. The molecule has 0 saturated heterocycles. The van der Waals surface area contributed by atoms with Crippen LogP contribution in [0.4, 0.5) is 0 Å². The molecule has 0 aromatic heterocycles. The van der Waals surface area contributed by atoms with Gasteiger partial charge in [-0.1, -0.05) is 51.5 Å². The molecular formula is C12H19Al. The second kappa shape index (κ2) is 4.31. The third kappa shape index (κ3) is 2.60. The summed E-state index contributed by atoms with van der Waals surface area (Å²) in [6.07, 6.45) is 0. The van der Waals surface area contributed by atoms with E-state index in [-0.39, 0.29) is 0 Å². The molecule has 0 fully saturated rings. The van der Waals surface area contributed by atoms with Crippen LogP contribution in [-0.4, -0.2) is 16.3 Å². The molecule has 70 valence electrons. The van der Waals surface area contributed by atoms with Crippen molar-refractivity contribution in [2.75, 3.05) is 0 Å². The third-order valence-electron chi connectivity index (χ3n) is 2.59. The van der Waals surface area contributed by atoms with Crippen LogP contribution in [0.5, 0.6) is 0 Å². The quantitative estimate of drug-likeness (QED) is 0.627. The van der Waals surface area contributed by atoms with Gasteiger partial charge in [0, 0.05) is 0 Å². The van der Waals surface area contributed by atoms with E-state index >= 15 is 0 Å². The van der Waals surface area contributed by atoms with E-state index in [1.807, 2.05) is 0 Å². The molecule has 0 aliphatic carbocycles. The summed E-state index contributed by atoms with van der Waals surface area (Å²) in [5.74, 6) is 1.32. The van der Waals surface area contributed by atoms with Gasteiger partial charge in [0.05, 0.1) is 0 Å². The normalized spacial score (nSPS) is 11.2. The molecule has 0 radical (unpaired) electrons. The Balaban J connectivity index is 3.11. The maximum absolute atomic E-state index is 2.39. The summed E-state index contributed by atoms with van der Waals surface area (Å²) in [5, 5.41) is 0. The monoisotopic (exact) mass is 190 g/mol. The van der Waals surface area contributed by atoms with Crippen molar-refractivity contribution in [3.63, 3.8) is 0 Å². The standard InChI is InChI=1S/C12H17.Al.2H/c1-9(2)11-6-5-7-12(8-11)10(3)4;;;/h5-6,8-10H,1-4H3;;;. The summed E-state index contributed by atoms with van der Waals surface area (Å²) in [4.78, 5) is 0. The van der Waals surface area contributed by atoms with Gasteiger partial charge in [0.15, 0.2) is 0 Å². The highest BCUT2D eigenvalue weighted by Gasteiger charge is 2.05. The van der Waals surface area contributed by atoms with Crippen molar-refractivity contribution in [3.8, 4) is 0 Å². The minimum Gasteiger partial charge on any atom is -0.117 e. The van der Waals surface area contributed by atoms with Gasteiger partial charge in [-0.3, -0.25) is 0 Å². The summed E-state index contributed by atoms with van der Waals surface area (Å²) in [5.41, 5.74) is 3.03. The lowest BCUT2D eigenvalue weighted by Gasteiger charge is -2.14. The fourth-order valence-corrected chi connectivity index (χ4v) is 2.53. The minimum atomic E-state index is 0.653. The van der Waals surface area contributed by atoms with Crippen LogP contribution in [0.1, 0.15) is 50.7 Å². The highest BCUT2D eigenvalue weighted by Crippen LogP contribution is 2.18. The summed E-state index contributed by atoms with van der Waals surface area (Å²) < 4.78 is 1.56. The highest BCUT2D eigenvalue weighted by atomic mass is 27.0. The average molecular weight is 190 g/mol. The van der Waals surface area contributed by atoms with E-state index in [0.29, 0.717) is 11.8 Å². The molecule has 1 rings (SSSR count). The largest absolute Gasteiger partial charge is 0.259 e. The number of hydrogen-bond donors (Lipinski definition) is 0. The van der Waals surface area contributed by atoms with Gasteiger partial charge in [0.25, 0.3) is 16.3 Å². The Kier molecular flexibility index (Phi) is 3.59. The summed E-state index contributed by atoms with van der Waals surface area (Å²) in [7, 11) is 0. The van der Waals surface area contributed by atoms with Crippen molar-refractivity contribution < 1.29 is 0 Å². The first kappa shape index (κ1) is 10.8. The van der Waals surface area contributed by atoms with Crippen molar-refractivity contribution in [3.05, 3.63) is 29.3 Å². The first-order chi connectivity index (χ1) is 6.02. The zero-order chi connectivity index (χ0) is 10.0. The minimum absolute atomic E-state index is 0.653. The predicted octanol–water partition coefficient (Wildman–Crippen LogP) is 2.19. The van der Waals surface area contributed by atoms with Crippen LogP contribution in [0, 0.1) is 0 Å². The van der Waals surface area contributed by atoms with Crippen LogP contribution in [0.3, 0.4) is 0 Å². The Bertz CT molecular complexity index is 287. The van der Waals surface area contributed by atoms with E-state index in [4.69, 9.17) is 0 Å². The molecule has 0 aliphatic heterocycles. The third-order valence-corrected chi connectivity index (χ3v) is 3.50. The molecule has 1 aromatic rings. The maximum atomic E-state index is 2.39. The summed E-state index contributed by atoms with van der Waals surface area (Å²) >= 11 is 1.17. The van der Waals surface area contributed by atoms with Gasteiger partial charge >= 0.3 is 0 Å². The van der Waals surface area contributed by atoms with Crippen LogP contribution >= 0.6 is 0 Å². The van der Waals surface area contributed by atoms with E-state index in [9.17, 15) is 0 Å². The van der Waals surface area contributed by atoms with Crippen molar-refractivity contribution in [2.24, 2.45) is 0 Å². The van der Waals surface area contributed by atoms with Crippen LogP contribution in [0.15, 0.2) is 18.2 Å². The van der Waals surface area contributed by atoms with Gasteiger partial charge in [-0.15, -0.1) is 4.43 Å². The lowest BCUT2D eigenvalue weighted by Crippen LogP contribution is -2.12. The Morgan fingerprint density at radius 1 is 1.00 bits per heavy atom. The molecule has 0 aliphatic rings. The molecule has 0 spiro atoms. The van der Waals surface area contributed by atoms with Crippen molar-refractivity contribution >= 4 is 20.7 Å². The van der Waals surface area contributed by atoms with Crippen LogP contribution < -0.4 is 4.43 Å². The van der Waals surface area contributed by atoms with Crippen molar-refractivity contribution in [1.29, 1.82) is 0 Å². The molecule has 0 bridgehead atoms. The molecule has 1 heteroatoms. The van der Waals surface area contributed by atoms with Crippen molar-refractivity contribution in [2.45, 2.75) is 39.5 Å². The van der Waals surface area contributed by atoms with Gasteiger partial charge in [0.2, 0.25) is 0 Å². The average Bonchev–Trinajstić information content (AvgIpc) is 2.04. The lowest BCUT2D eigenvalue weighted by atomic mass is 9.96. The Labute approximate surface area is 89.8 Å². The smallest absolute Gasteiger partial charge is 0.117 e. The van der Waals surface area contributed by atoms with E-state index in [1.54, 1.807) is 9.99 Å². The molecule has 1 aromatic carbocycles. The second-order valence-electron chi connectivity index (χ2n) is 4.43. The first-order valence-corrected chi connectivity index (χ1v) is 6.12. The predicted molar refractivity (Wildman–Crippen MR) is 62.8 cm³/mol. The first-order valence-electron chi connectivity index (χ1n) is 5.12. The Hall–Kier alpha value is -0.248. The second-order valence-corrected chi connectivity index (χ2v) is 5.50. The van der Waals surface area contributed by atoms with Crippen LogP contribution in [-0.2, 0) is 0 Å². The fraction of sp³-hybridized carbons (Fsp3) is 0.500. The van der Waals surface area contributed by atoms with E-state index in [1.165, 1.54) is 21.9 Å². The van der Waals surface area contributed by atoms with E-state index < -0.39 is 0 Å². The number of hydrogen-bond acceptors (Lipinski definition) is 0. The fourth-order valence-electron chi connectivity index (χ4n) is 1.64. The highest BCUT2D eigenvalue weighted by molar-refractivity contribution is 6.33. The van der Waals surface area contributed by atoms with Gasteiger partial charge in [-0.2, -0.15) is 0 Å². The molecular weight excluding hydrogens is 171 g/mol. The molecule has 0 saturated carbocycles. The van der Waals surface area contributed by atoms with Gasteiger partial charge < -0.3 is 0 Å².